The Kier molecular flexibility index (Phi) is 6.25. The number of amidine groups is 1. The fourth-order valence-electron chi connectivity index (χ4n) is 2.07. The molecule has 0 bridgehead atoms. The number of aliphatic hydroxyl groups is 1. The highest BCUT2D eigenvalue weighted by Gasteiger charge is 2.16. The first-order valence-corrected chi connectivity index (χ1v) is 7.59. The van der Waals surface area contributed by atoms with Gasteiger partial charge in [0.25, 0.3) is 5.91 Å². The summed E-state index contributed by atoms with van der Waals surface area (Å²) in [7, 11) is 0. The molecule has 7 nitrogen and oxygen atoms in total. The standard InChI is InChI=1S/C18H20N4O3/c1-12(16(19)22-17(20-2)15-9-6-10-25-15)18(24)21-14(11-23)13-7-4-3-5-8-13/h3-10,14,23H,2,11,19H2,1H3,(H,21,24)/b16-12+,22-17?/t14-/m1/s1. The summed E-state index contributed by atoms with van der Waals surface area (Å²) in [5, 5.41) is 12.3. The molecule has 0 fully saturated rings. The Morgan fingerprint density at radius 1 is 1.32 bits per heavy atom. The van der Waals surface area contributed by atoms with E-state index in [1.165, 1.54) is 13.2 Å². The average molecular weight is 340 g/mol. The lowest BCUT2D eigenvalue weighted by molar-refractivity contribution is -0.118. The van der Waals surface area contributed by atoms with Crippen LogP contribution in [0.15, 0.2) is 74.5 Å². The molecule has 0 saturated heterocycles. The summed E-state index contributed by atoms with van der Waals surface area (Å²) in [5.74, 6) is 0.119. The van der Waals surface area contributed by atoms with Crippen LogP contribution in [0.4, 0.5) is 0 Å². The van der Waals surface area contributed by atoms with Crippen molar-refractivity contribution in [2.75, 3.05) is 6.61 Å². The fraction of sp³-hybridized carbons (Fsp3) is 0.167. The van der Waals surface area contributed by atoms with E-state index in [0.717, 1.165) is 5.56 Å². The Hall–Kier alpha value is -3.19. The van der Waals surface area contributed by atoms with Gasteiger partial charge in [0.2, 0.25) is 0 Å². The summed E-state index contributed by atoms with van der Waals surface area (Å²) in [4.78, 5) is 20.2. The van der Waals surface area contributed by atoms with Crippen LogP contribution >= 0.6 is 0 Å². The SMILES string of the molecule is C=NC(=N/C(N)=C(\C)C(=O)N[C@H](CO)c1ccccc1)c1ccco1. The second-order valence-electron chi connectivity index (χ2n) is 5.20. The largest absolute Gasteiger partial charge is 0.461 e. The number of benzene rings is 1. The van der Waals surface area contributed by atoms with Crippen molar-refractivity contribution in [1.29, 1.82) is 0 Å². The molecule has 2 aromatic rings. The van der Waals surface area contributed by atoms with Gasteiger partial charge in [0.1, 0.15) is 5.82 Å². The zero-order valence-corrected chi connectivity index (χ0v) is 13.8. The van der Waals surface area contributed by atoms with Gasteiger partial charge in [-0.25, -0.2) is 9.98 Å². The number of aliphatic hydroxyl groups excluding tert-OH is 1. The van der Waals surface area contributed by atoms with Crippen molar-refractivity contribution in [3.63, 3.8) is 0 Å². The minimum atomic E-state index is -0.539. The number of carbonyl (C=O) groups excluding carboxylic acids is 1. The van der Waals surface area contributed by atoms with Crippen molar-refractivity contribution in [3.8, 4) is 0 Å². The second kappa shape index (κ2) is 8.60. The number of aliphatic imine (C=N–C) groups is 2. The maximum absolute atomic E-state index is 12.4. The number of amides is 1. The monoisotopic (exact) mass is 340 g/mol. The van der Waals surface area contributed by atoms with Gasteiger partial charge in [0.15, 0.2) is 11.6 Å². The normalized spacial score (nSPS) is 13.8. The molecule has 0 aliphatic rings. The van der Waals surface area contributed by atoms with Crippen molar-refractivity contribution in [1.82, 2.24) is 5.32 Å². The van der Waals surface area contributed by atoms with E-state index in [0.29, 0.717) is 5.76 Å². The molecule has 4 N–H and O–H groups in total. The van der Waals surface area contributed by atoms with Gasteiger partial charge >= 0.3 is 0 Å². The first kappa shape index (κ1) is 18.2. The highest BCUT2D eigenvalue weighted by atomic mass is 16.3. The average Bonchev–Trinajstić information content (AvgIpc) is 3.18. The van der Waals surface area contributed by atoms with E-state index in [-0.39, 0.29) is 23.8 Å². The van der Waals surface area contributed by atoms with Gasteiger partial charge in [-0.15, -0.1) is 0 Å². The number of hydrogen-bond donors (Lipinski definition) is 3. The number of rotatable bonds is 6. The van der Waals surface area contributed by atoms with Gasteiger partial charge in [-0.3, -0.25) is 4.79 Å². The molecule has 0 saturated carbocycles. The third-order valence-corrected chi connectivity index (χ3v) is 3.53. The van der Waals surface area contributed by atoms with E-state index in [1.54, 1.807) is 12.1 Å². The van der Waals surface area contributed by atoms with E-state index in [2.05, 4.69) is 22.0 Å². The quantitative estimate of drug-likeness (QED) is 0.422. The van der Waals surface area contributed by atoms with Crippen LogP contribution in [0.2, 0.25) is 0 Å². The van der Waals surface area contributed by atoms with E-state index < -0.39 is 11.9 Å². The lowest BCUT2D eigenvalue weighted by Gasteiger charge is -2.17. The second-order valence-corrected chi connectivity index (χ2v) is 5.20. The molecule has 1 amide bonds. The van der Waals surface area contributed by atoms with Crippen LogP contribution in [0, 0.1) is 0 Å². The molecule has 0 aliphatic heterocycles. The maximum atomic E-state index is 12.4. The molecule has 1 aromatic carbocycles. The first-order valence-electron chi connectivity index (χ1n) is 7.59. The molecular formula is C18H20N4O3. The van der Waals surface area contributed by atoms with Crippen LogP contribution in [0.1, 0.15) is 24.3 Å². The highest BCUT2D eigenvalue weighted by Crippen LogP contribution is 2.13. The summed E-state index contributed by atoms with van der Waals surface area (Å²) in [5.41, 5.74) is 6.88. The zero-order valence-electron chi connectivity index (χ0n) is 13.8. The molecule has 1 heterocycles. The third-order valence-electron chi connectivity index (χ3n) is 3.53. The van der Waals surface area contributed by atoms with E-state index in [9.17, 15) is 9.90 Å². The van der Waals surface area contributed by atoms with Gasteiger partial charge in [-0.05, 0) is 31.3 Å². The molecule has 25 heavy (non-hydrogen) atoms. The molecule has 7 heteroatoms. The molecule has 0 aliphatic carbocycles. The van der Waals surface area contributed by atoms with E-state index >= 15 is 0 Å². The third kappa shape index (κ3) is 4.65. The van der Waals surface area contributed by atoms with Gasteiger partial charge in [-0.2, -0.15) is 0 Å². The van der Waals surface area contributed by atoms with Crippen molar-refractivity contribution in [3.05, 3.63) is 71.4 Å². The molecule has 0 radical (unpaired) electrons. The van der Waals surface area contributed by atoms with Gasteiger partial charge in [-0.1, -0.05) is 30.3 Å². The summed E-state index contributed by atoms with van der Waals surface area (Å²) in [6, 6.07) is 12.0. The van der Waals surface area contributed by atoms with Gasteiger partial charge in [0.05, 0.1) is 24.5 Å². The Balaban J connectivity index is 2.19. The molecule has 0 spiro atoms. The van der Waals surface area contributed by atoms with Crippen molar-refractivity contribution in [2.45, 2.75) is 13.0 Å². The smallest absolute Gasteiger partial charge is 0.251 e. The molecule has 2 rings (SSSR count). The highest BCUT2D eigenvalue weighted by molar-refractivity contribution is 6.00. The predicted molar refractivity (Wildman–Crippen MR) is 96.1 cm³/mol. The first-order chi connectivity index (χ1) is 12.1. The predicted octanol–water partition coefficient (Wildman–Crippen LogP) is 1.77. The van der Waals surface area contributed by atoms with Gasteiger partial charge in [0, 0.05) is 0 Å². The minimum absolute atomic E-state index is 0.0129. The Morgan fingerprint density at radius 3 is 2.60 bits per heavy atom. The molecule has 1 aromatic heterocycles. The molecular weight excluding hydrogens is 320 g/mol. The Labute approximate surface area is 145 Å². The van der Waals surface area contributed by atoms with Crippen molar-refractivity contribution < 1.29 is 14.3 Å². The number of nitrogens with zero attached hydrogens (tertiary/aromatic N) is 2. The van der Waals surface area contributed by atoms with E-state index in [4.69, 9.17) is 10.2 Å². The van der Waals surface area contributed by atoms with Crippen molar-refractivity contribution in [2.24, 2.45) is 15.7 Å². The number of carbonyl (C=O) groups is 1. The lowest BCUT2D eigenvalue weighted by Crippen LogP contribution is -2.32. The maximum Gasteiger partial charge on any atom is 0.251 e. The molecule has 130 valence electrons. The van der Waals surface area contributed by atoms with Crippen molar-refractivity contribution >= 4 is 18.5 Å². The zero-order chi connectivity index (χ0) is 18.2. The summed E-state index contributed by atoms with van der Waals surface area (Å²) in [6.45, 7) is 4.72. The summed E-state index contributed by atoms with van der Waals surface area (Å²) >= 11 is 0. The van der Waals surface area contributed by atoms with Crippen LogP contribution in [-0.4, -0.2) is 30.2 Å². The Morgan fingerprint density at radius 2 is 2.04 bits per heavy atom. The topological polar surface area (TPSA) is 113 Å². The van der Waals surface area contributed by atoms with Crippen LogP contribution in [-0.2, 0) is 4.79 Å². The molecule has 0 unspecified atom stereocenters. The lowest BCUT2D eigenvalue weighted by atomic mass is 10.1. The summed E-state index contributed by atoms with van der Waals surface area (Å²) < 4.78 is 5.19. The van der Waals surface area contributed by atoms with E-state index in [1.807, 2.05) is 30.3 Å². The van der Waals surface area contributed by atoms with Crippen LogP contribution in [0.5, 0.6) is 0 Å². The fourth-order valence-corrected chi connectivity index (χ4v) is 2.07. The Bertz CT molecular complexity index is 780. The van der Waals surface area contributed by atoms with Gasteiger partial charge < -0.3 is 20.6 Å². The molecule has 1 atom stereocenters. The number of hydrogen-bond acceptors (Lipinski definition) is 5. The number of nitrogens with two attached hydrogens (primary N) is 1. The number of nitrogens with one attached hydrogen (secondary N) is 1. The van der Waals surface area contributed by atoms with Crippen LogP contribution in [0.25, 0.3) is 0 Å². The van der Waals surface area contributed by atoms with Crippen LogP contribution in [0.3, 0.4) is 0 Å². The van der Waals surface area contributed by atoms with Crippen LogP contribution < -0.4 is 11.1 Å². The number of furan rings is 1. The minimum Gasteiger partial charge on any atom is -0.461 e. The summed E-state index contributed by atoms with van der Waals surface area (Å²) in [6.07, 6.45) is 1.47.